The van der Waals surface area contributed by atoms with Crippen molar-refractivity contribution in [3.8, 4) is 0 Å². The van der Waals surface area contributed by atoms with Crippen LogP contribution in [-0.4, -0.2) is 49.2 Å². The Morgan fingerprint density at radius 3 is 2.52 bits per heavy atom. The second-order valence-electron chi connectivity index (χ2n) is 7.37. The Balaban J connectivity index is 0.00000156. The Morgan fingerprint density at radius 1 is 1.17 bits per heavy atom. The number of guanidine groups is 1. The average molecular weight is 431 g/mol. The van der Waals surface area contributed by atoms with Gasteiger partial charge in [0.15, 0.2) is 5.96 Å². The van der Waals surface area contributed by atoms with E-state index in [1.54, 1.807) is 0 Å². The smallest absolute Gasteiger partial charge is 0.193 e. The lowest BCUT2D eigenvalue weighted by Crippen LogP contribution is -2.41. The van der Waals surface area contributed by atoms with Crippen LogP contribution in [0.3, 0.4) is 0 Å². The minimum Gasteiger partial charge on any atom is -0.374 e. The van der Waals surface area contributed by atoms with E-state index in [2.05, 4.69) is 29.3 Å². The van der Waals surface area contributed by atoms with Gasteiger partial charge in [-0.1, -0.05) is 12.2 Å². The van der Waals surface area contributed by atoms with E-state index < -0.39 is 0 Å². The van der Waals surface area contributed by atoms with Crippen LogP contribution in [0.2, 0.25) is 0 Å². The molecule has 0 spiro atoms. The van der Waals surface area contributed by atoms with E-state index >= 15 is 0 Å². The number of hydrogen-bond donors (Lipinski definition) is 1. The van der Waals surface area contributed by atoms with Crippen molar-refractivity contribution in [1.82, 2.24) is 10.2 Å². The molecule has 4 aliphatic rings. The van der Waals surface area contributed by atoms with E-state index in [9.17, 15) is 0 Å². The van der Waals surface area contributed by atoms with Crippen LogP contribution in [-0.2, 0) is 4.74 Å². The molecule has 1 N–H and O–H groups in total. The quantitative estimate of drug-likeness (QED) is 0.323. The summed E-state index contributed by atoms with van der Waals surface area (Å²) in [4.78, 5) is 7.48. The number of nitrogens with zero attached hydrogens (tertiary/aromatic N) is 2. The van der Waals surface area contributed by atoms with Gasteiger partial charge in [-0.2, -0.15) is 0 Å². The normalized spacial score (nSPS) is 38.6. The summed E-state index contributed by atoms with van der Waals surface area (Å²) >= 11 is 0. The van der Waals surface area contributed by atoms with Crippen molar-refractivity contribution in [2.24, 2.45) is 22.7 Å². The molecular weight excluding hydrogens is 401 g/mol. The van der Waals surface area contributed by atoms with Crippen molar-refractivity contribution in [2.75, 3.05) is 26.2 Å². The molecule has 3 saturated heterocycles. The summed E-state index contributed by atoms with van der Waals surface area (Å²) in [5.74, 6) is 3.38. The van der Waals surface area contributed by atoms with Crippen LogP contribution >= 0.6 is 24.0 Å². The zero-order valence-corrected chi connectivity index (χ0v) is 16.4. The fourth-order valence-corrected chi connectivity index (χ4v) is 4.80. The molecule has 2 bridgehead atoms. The SMILES string of the molecule is CCNC(=NCC1CC=CCC1)N1CC2C3CCC(O3)C2C1.I. The summed E-state index contributed by atoms with van der Waals surface area (Å²) in [6, 6.07) is 0. The first-order valence-electron chi connectivity index (χ1n) is 9.19. The van der Waals surface area contributed by atoms with Gasteiger partial charge in [0.25, 0.3) is 0 Å². The third-order valence-electron chi connectivity index (χ3n) is 5.96. The molecule has 3 fully saturated rings. The van der Waals surface area contributed by atoms with Crippen molar-refractivity contribution < 1.29 is 4.74 Å². The Kier molecular flexibility index (Phi) is 5.88. The molecule has 0 aromatic carbocycles. The summed E-state index contributed by atoms with van der Waals surface area (Å²) in [6.07, 6.45) is 12.0. The molecule has 5 heteroatoms. The van der Waals surface area contributed by atoms with Gasteiger partial charge in [-0.25, -0.2) is 0 Å². The second-order valence-corrected chi connectivity index (χ2v) is 7.37. The van der Waals surface area contributed by atoms with Gasteiger partial charge in [-0.15, -0.1) is 24.0 Å². The maximum absolute atomic E-state index is 6.09. The fourth-order valence-electron chi connectivity index (χ4n) is 4.80. The monoisotopic (exact) mass is 431 g/mol. The van der Waals surface area contributed by atoms with Crippen molar-refractivity contribution in [2.45, 2.75) is 51.2 Å². The van der Waals surface area contributed by atoms with Crippen LogP contribution in [0.15, 0.2) is 17.1 Å². The molecule has 0 amide bonds. The second kappa shape index (κ2) is 7.72. The predicted octanol–water partition coefficient (Wildman–Crippen LogP) is 3.04. The van der Waals surface area contributed by atoms with E-state index in [1.807, 2.05) is 0 Å². The molecule has 5 unspecified atom stereocenters. The third-order valence-corrected chi connectivity index (χ3v) is 5.96. The first-order chi connectivity index (χ1) is 10.8. The maximum atomic E-state index is 6.09. The number of nitrogens with one attached hydrogen (secondary N) is 1. The number of allylic oxidation sites excluding steroid dienone is 2. The van der Waals surface area contributed by atoms with Gasteiger partial charge in [-0.05, 0) is 44.9 Å². The lowest BCUT2D eigenvalue weighted by Gasteiger charge is -2.24. The van der Waals surface area contributed by atoms with E-state index in [1.165, 1.54) is 32.1 Å². The van der Waals surface area contributed by atoms with Crippen molar-refractivity contribution >= 4 is 29.9 Å². The van der Waals surface area contributed by atoms with Gasteiger partial charge in [0.1, 0.15) is 0 Å². The standard InChI is InChI=1S/C18H29N3O.HI/c1-2-19-18(20-10-13-6-4-3-5-7-13)21-11-14-15(12-21)17-9-8-16(14)22-17;/h3-4,13-17H,2,5-12H2,1H3,(H,19,20);1H. The molecule has 1 aliphatic carbocycles. The number of rotatable bonds is 3. The summed E-state index contributed by atoms with van der Waals surface area (Å²) in [6.45, 7) is 6.38. The zero-order valence-electron chi connectivity index (χ0n) is 14.1. The molecule has 3 heterocycles. The Hall–Kier alpha value is -0.300. The molecule has 0 aromatic rings. The molecule has 4 nitrogen and oxygen atoms in total. The topological polar surface area (TPSA) is 36.9 Å². The van der Waals surface area contributed by atoms with E-state index in [4.69, 9.17) is 9.73 Å². The lowest BCUT2D eigenvalue weighted by molar-refractivity contribution is 0.0767. The number of halogens is 1. The first kappa shape index (κ1) is 17.5. The number of fused-ring (bicyclic) bond motifs is 5. The summed E-state index contributed by atoms with van der Waals surface area (Å²) in [5.41, 5.74) is 0. The van der Waals surface area contributed by atoms with Crippen LogP contribution in [0.4, 0.5) is 0 Å². The van der Waals surface area contributed by atoms with Gasteiger partial charge in [0, 0.05) is 38.0 Å². The van der Waals surface area contributed by atoms with Gasteiger partial charge >= 0.3 is 0 Å². The summed E-state index contributed by atoms with van der Waals surface area (Å²) in [5, 5.41) is 3.52. The zero-order chi connectivity index (χ0) is 14.9. The molecule has 3 aliphatic heterocycles. The van der Waals surface area contributed by atoms with Gasteiger partial charge in [0.2, 0.25) is 0 Å². The Labute approximate surface area is 157 Å². The third kappa shape index (κ3) is 3.55. The van der Waals surface area contributed by atoms with Gasteiger partial charge in [-0.3, -0.25) is 4.99 Å². The highest BCUT2D eigenvalue weighted by atomic mass is 127. The Bertz CT molecular complexity index is 449. The van der Waals surface area contributed by atoms with E-state index in [0.717, 1.165) is 49.9 Å². The molecule has 4 rings (SSSR count). The summed E-state index contributed by atoms with van der Waals surface area (Å²) < 4.78 is 6.09. The fraction of sp³-hybridized carbons (Fsp3) is 0.833. The van der Waals surface area contributed by atoms with E-state index in [0.29, 0.717) is 12.2 Å². The highest BCUT2D eigenvalue weighted by Crippen LogP contribution is 2.47. The van der Waals surface area contributed by atoms with Crippen molar-refractivity contribution in [1.29, 1.82) is 0 Å². The molecule has 0 aromatic heterocycles. The Morgan fingerprint density at radius 2 is 1.91 bits per heavy atom. The molecule has 5 atom stereocenters. The highest BCUT2D eigenvalue weighted by molar-refractivity contribution is 14.0. The number of hydrogen-bond acceptors (Lipinski definition) is 2. The highest BCUT2D eigenvalue weighted by Gasteiger charge is 2.53. The minimum atomic E-state index is 0. The average Bonchev–Trinajstić information content (AvgIpc) is 3.24. The van der Waals surface area contributed by atoms with Crippen LogP contribution < -0.4 is 5.32 Å². The molecule has 23 heavy (non-hydrogen) atoms. The van der Waals surface area contributed by atoms with Crippen LogP contribution in [0.25, 0.3) is 0 Å². The number of ether oxygens (including phenoxy) is 1. The number of likely N-dealkylation sites (tertiary alicyclic amines) is 1. The van der Waals surface area contributed by atoms with Gasteiger partial charge < -0.3 is 15.0 Å². The van der Waals surface area contributed by atoms with Crippen LogP contribution in [0, 0.1) is 17.8 Å². The van der Waals surface area contributed by atoms with E-state index in [-0.39, 0.29) is 24.0 Å². The predicted molar refractivity (Wildman–Crippen MR) is 104 cm³/mol. The largest absolute Gasteiger partial charge is 0.374 e. The lowest BCUT2D eigenvalue weighted by atomic mass is 9.82. The number of aliphatic imine (C=N–C) groups is 1. The van der Waals surface area contributed by atoms with Crippen molar-refractivity contribution in [3.63, 3.8) is 0 Å². The van der Waals surface area contributed by atoms with Gasteiger partial charge in [0.05, 0.1) is 12.2 Å². The summed E-state index contributed by atoms with van der Waals surface area (Å²) in [7, 11) is 0. The minimum absolute atomic E-state index is 0. The first-order valence-corrected chi connectivity index (χ1v) is 9.19. The van der Waals surface area contributed by atoms with Crippen LogP contribution in [0.5, 0.6) is 0 Å². The molecular formula is C18H30IN3O. The molecule has 130 valence electrons. The van der Waals surface area contributed by atoms with Crippen molar-refractivity contribution in [3.05, 3.63) is 12.2 Å². The molecule has 0 radical (unpaired) electrons. The van der Waals surface area contributed by atoms with Crippen LogP contribution in [0.1, 0.15) is 39.0 Å². The molecule has 0 saturated carbocycles. The maximum Gasteiger partial charge on any atom is 0.193 e.